The molecule has 1 heterocycles. The summed E-state index contributed by atoms with van der Waals surface area (Å²) in [6.07, 6.45) is 0. The van der Waals surface area contributed by atoms with E-state index in [-0.39, 0.29) is 11.6 Å². The van der Waals surface area contributed by atoms with E-state index in [4.69, 9.17) is 16.0 Å². The molecule has 0 saturated carbocycles. The largest absolute Gasteiger partial charge is 0.460 e. The highest BCUT2D eigenvalue weighted by Crippen LogP contribution is 2.26. The van der Waals surface area contributed by atoms with Crippen molar-refractivity contribution < 1.29 is 9.34 Å². The van der Waals surface area contributed by atoms with Crippen LogP contribution < -0.4 is 0 Å². The van der Waals surface area contributed by atoms with E-state index >= 15 is 0 Å². The van der Waals surface area contributed by atoms with Crippen LogP contribution in [-0.2, 0) is 5.88 Å². The molecule has 16 heavy (non-hydrogen) atoms. The monoisotopic (exact) mass is 237 g/mol. The van der Waals surface area contributed by atoms with Gasteiger partial charge in [-0.1, -0.05) is 12.1 Å². The maximum atomic E-state index is 10.6. The van der Waals surface area contributed by atoms with E-state index in [1.165, 1.54) is 12.1 Å². The van der Waals surface area contributed by atoms with Gasteiger partial charge in [0.05, 0.1) is 10.8 Å². The highest BCUT2D eigenvalue weighted by atomic mass is 35.5. The lowest BCUT2D eigenvalue weighted by Crippen LogP contribution is -1.87. The molecule has 0 fully saturated rings. The predicted molar refractivity (Wildman–Crippen MR) is 60.4 cm³/mol. The van der Waals surface area contributed by atoms with Gasteiger partial charge in [0.25, 0.3) is 5.69 Å². The second kappa shape index (κ2) is 4.37. The Labute approximate surface area is 96.6 Å². The van der Waals surface area contributed by atoms with Crippen molar-refractivity contribution in [2.75, 3.05) is 0 Å². The molecule has 0 atom stereocenters. The third-order valence-corrected chi connectivity index (χ3v) is 2.40. The Bertz CT molecular complexity index is 521. The lowest BCUT2D eigenvalue weighted by Gasteiger charge is -1.96. The van der Waals surface area contributed by atoms with Gasteiger partial charge in [-0.3, -0.25) is 10.1 Å². The molecule has 0 amide bonds. The van der Waals surface area contributed by atoms with Crippen molar-refractivity contribution >= 4 is 17.3 Å². The van der Waals surface area contributed by atoms with E-state index in [1.807, 2.05) is 0 Å². The Morgan fingerprint density at radius 1 is 1.31 bits per heavy atom. The zero-order chi connectivity index (χ0) is 11.5. The molecule has 2 aromatic rings. The number of alkyl halides is 1. The summed E-state index contributed by atoms with van der Waals surface area (Å²) in [4.78, 5) is 10.2. The average molecular weight is 238 g/mol. The quantitative estimate of drug-likeness (QED) is 0.466. The van der Waals surface area contributed by atoms with Crippen molar-refractivity contribution in [3.8, 4) is 11.3 Å². The summed E-state index contributed by atoms with van der Waals surface area (Å²) in [6, 6.07) is 9.78. The molecule has 1 aromatic heterocycles. The fourth-order valence-electron chi connectivity index (χ4n) is 1.38. The molecule has 0 bridgehead atoms. The number of non-ortho nitro benzene ring substituents is 1. The number of nitrogens with zero attached hydrogens (tertiary/aromatic N) is 1. The molecular formula is C11H8ClNO3. The number of hydrogen-bond donors (Lipinski definition) is 0. The summed E-state index contributed by atoms with van der Waals surface area (Å²) >= 11 is 5.61. The number of nitro benzene ring substituents is 1. The van der Waals surface area contributed by atoms with Crippen molar-refractivity contribution in [3.05, 3.63) is 52.3 Å². The topological polar surface area (TPSA) is 56.3 Å². The van der Waals surface area contributed by atoms with Crippen molar-refractivity contribution in [1.29, 1.82) is 0 Å². The molecule has 5 heteroatoms. The van der Waals surface area contributed by atoms with Crippen LogP contribution in [0.2, 0.25) is 0 Å². The van der Waals surface area contributed by atoms with Crippen LogP contribution in [0.4, 0.5) is 5.69 Å². The Morgan fingerprint density at radius 3 is 2.75 bits per heavy atom. The maximum absolute atomic E-state index is 10.6. The Morgan fingerprint density at radius 2 is 2.12 bits per heavy atom. The fourth-order valence-corrected chi connectivity index (χ4v) is 1.52. The minimum absolute atomic E-state index is 0.0429. The second-order valence-electron chi connectivity index (χ2n) is 3.21. The zero-order valence-corrected chi connectivity index (χ0v) is 8.98. The molecule has 0 aliphatic carbocycles. The molecule has 0 saturated heterocycles. The summed E-state index contributed by atoms with van der Waals surface area (Å²) in [6.45, 7) is 0. The molecule has 2 rings (SSSR count). The van der Waals surface area contributed by atoms with E-state index in [1.54, 1.807) is 24.3 Å². The molecule has 0 unspecified atom stereocenters. The second-order valence-corrected chi connectivity index (χ2v) is 3.47. The van der Waals surface area contributed by atoms with Crippen LogP contribution >= 0.6 is 11.6 Å². The summed E-state index contributed by atoms with van der Waals surface area (Å²) in [5.74, 6) is 1.51. The first-order chi connectivity index (χ1) is 7.70. The SMILES string of the molecule is O=[N+]([O-])c1cccc(-c2ccc(CCl)o2)c1. The Hall–Kier alpha value is -1.81. The lowest BCUT2D eigenvalue weighted by atomic mass is 10.1. The van der Waals surface area contributed by atoms with E-state index in [9.17, 15) is 10.1 Å². The first-order valence-corrected chi connectivity index (χ1v) is 5.13. The van der Waals surface area contributed by atoms with Gasteiger partial charge in [-0.2, -0.15) is 0 Å². The third kappa shape index (κ3) is 2.06. The summed E-state index contributed by atoms with van der Waals surface area (Å²) in [7, 11) is 0. The molecule has 0 N–H and O–H groups in total. The molecular weight excluding hydrogens is 230 g/mol. The van der Waals surface area contributed by atoms with Gasteiger partial charge in [-0.15, -0.1) is 11.6 Å². The van der Waals surface area contributed by atoms with Gasteiger partial charge in [0.1, 0.15) is 11.5 Å². The van der Waals surface area contributed by atoms with E-state index in [2.05, 4.69) is 0 Å². The Balaban J connectivity index is 2.40. The number of hydrogen-bond acceptors (Lipinski definition) is 3. The minimum Gasteiger partial charge on any atom is -0.460 e. The van der Waals surface area contributed by atoms with Crippen LogP contribution in [0.15, 0.2) is 40.8 Å². The van der Waals surface area contributed by atoms with Gasteiger partial charge in [0.15, 0.2) is 0 Å². The van der Waals surface area contributed by atoms with Gasteiger partial charge in [0.2, 0.25) is 0 Å². The summed E-state index contributed by atoms with van der Waals surface area (Å²) < 4.78 is 5.40. The Kier molecular flexibility index (Phi) is 2.92. The van der Waals surface area contributed by atoms with Crippen molar-refractivity contribution in [2.24, 2.45) is 0 Å². The summed E-state index contributed by atoms with van der Waals surface area (Å²) in [5.41, 5.74) is 0.715. The van der Waals surface area contributed by atoms with Gasteiger partial charge < -0.3 is 4.42 Å². The normalized spacial score (nSPS) is 10.3. The predicted octanol–water partition coefficient (Wildman–Crippen LogP) is 3.59. The van der Waals surface area contributed by atoms with Gasteiger partial charge in [-0.05, 0) is 12.1 Å². The number of nitro groups is 1. The van der Waals surface area contributed by atoms with Gasteiger partial charge in [0, 0.05) is 17.7 Å². The molecule has 0 radical (unpaired) electrons. The molecule has 1 aromatic carbocycles. The number of benzene rings is 1. The minimum atomic E-state index is -0.436. The van der Waals surface area contributed by atoms with Crippen molar-refractivity contribution in [3.63, 3.8) is 0 Å². The van der Waals surface area contributed by atoms with Crippen molar-refractivity contribution in [1.82, 2.24) is 0 Å². The van der Waals surface area contributed by atoms with Crippen LogP contribution in [0.5, 0.6) is 0 Å². The van der Waals surface area contributed by atoms with Crippen molar-refractivity contribution in [2.45, 2.75) is 5.88 Å². The highest BCUT2D eigenvalue weighted by molar-refractivity contribution is 6.16. The smallest absolute Gasteiger partial charge is 0.270 e. The average Bonchev–Trinajstić information content (AvgIpc) is 2.77. The van der Waals surface area contributed by atoms with E-state index in [0.29, 0.717) is 17.1 Å². The van der Waals surface area contributed by atoms with Crippen LogP contribution in [0.3, 0.4) is 0 Å². The van der Waals surface area contributed by atoms with E-state index in [0.717, 1.165) is 0 Å². The molecule has 0 spiro atoms. The summed E-state index contributed by atoms with van der Waals surface area (Å²) in [5, 5.41) is 10.6. The molecule has 0 aliphatic rings. The van der Waals surface area contributed by atoms with E-state index < -0.39 is 4.92 Å². The third-order valence-electron chi connectivity index (χ3n) is 2.13. The number of halogens is 1. The van der Waals surface area contributed by atoms with Crippen LogP contribution in [0.1, 0.15) is 5.76 Å². The zero-order valence-electron chi connectivity index (χ0n) is 8.22. The molecule has 4 nitrogen and oxygen atoms in total. The highest BCUT2D eigenvalue weighted by Gasteiger charge is 2.09. The number of rotatable bonds is 3. The van der Waals surface area contributed by atoms with Crippen LogP contribution in [0, 0.1) is 10.1 Å². The maximum Gasteiger partial charge on any atom is 0.270 e. The molecule has 82 valence electrons. The number of furan rings is 1. The fraction of sp³-hybridized carbons (Fsp3) is 0.0909. The van der Waals surface area contributed by atoms with Gasteiger partial charge >= 0.3 is 0 Å². The van der Waals surface area contributed by atoms with Gasteiger partial charge in [-0.25, -0.2) is 0 Å². The lowest BCUT2D eigenvalue weighted by molar-refractivity contribution is -0.384. The first-order valence-electron chi connectivity index (χ1n) is 4.60. The van der Waals surface area contributed by atoms with Crippen LogP contribution in [0.25, 0.3) is 11.3 Å². The molecule has 0 aliphatic heterocycles. The standard InChI is InChI=1S/C11H8ClNO3/c12-7-10-4-5-11(16-10)8-2-1-3-9(6-8)13(14)15/h1-6H,7H2. The van der Waals surface area contributed by atoms with Crippen LogP contribution in [-0.4, -0.2) is 4.92 Å². The first kappa shape index (κ1) is 10.7.